The Morgan fingerprint density at radius 2 is 2.14 bits per heavy atom. The average molecular weight is 286 g/mol. The lowest BCUT2D eigenvalue weighted by Gasteiger charge is -2.06. The third kappa shape index (κ3) is 3.17. The van der Waals surface area contributed by atoms with Crippen molar-refractivity contribution in [3.63, 3.8) is 0 Å². The number of hydrogen-bond acceptors (Lipinski definition) is 3. The standard InChI is InChI=1S/C15H15FN4O/c16-10-1-2-14-13(5-10)15(21)6-12(20-14)8-17-4-3-11-7-18-9-19-11/h1-2,5-7,9,17H,3-4,8H2,(H,18,19)(H,20,21). The van der Waals surface area contributed by atoms with Crippen LogP contribution in [0.3, 0.4) is 0 Å². The molecule has 6 heteroatoms. The molecule has 108 valence electrons. The first-order valence-electron chi connectivity index (χ1n) is 6.72. The molecule has 0 unspecified atom stereocenters. The topological polar surface area (TPSA) is 73.6 Å². The summed E-state index contributed by atoms with van der Waals surface area (Å²) >= 11 is 0. The zero-order valence-electron chi connectivity index (χ0n) is 11.3. The van der Waals surface area contributed by atoms with E-state index in [-0.39, 0.29) is 5.43 Å². The molecule has 2 heterocycles. The molecule has 0 spiro atoms. The molecule has 1 aromatic carbocycles. The minimum atomic E-state index is -0.404. The van der Waals surface area contributed by atoms with Gasteiger partial charge in [-0.2, -0.15) is 0 Å². The van der Waals surface area contributed by atoms with Crippen LogP contribution in [0, 0.1) is 5.82 Å². The molecule has 0 aliphatic heterocycles. The highest BCUT2D eigenvalue weighted by molar-refractivity contribution is 5.78. The van der Waals surface area contributed by atoms with Gasteiger partial charge in [0.2, 0.25) is 0 Å². The maximum absolute atomic E-state index is 13.1. The van der Waals surface area contributed by atoms with Gasteiger partial charge in [-0.3, -0.25) is 4.79 Å². The van der Waals surface area contributed by atoms with Gasteiger partial charge in [-0.1, -0.05) is 0 Å². The van der Waals surface area contributed by atoms with Crippen LogP contribution in [0.1, 0.15) is 11.4 Å². The summed E-state index contributed by atoms with van der Waals surface area (Å²) in [6, 6.07) is 5.68. The SMILES string of the molecule is O=c1cc(CNCCc2cnc[nH]2)[nH]c2ccc(F)cc12. The summed E-state index contributed by atoms with van der Waals surface area (Å²) in [7, 11) is 0. The number of H-pyrrole nitrogens is 2. The van der Waals surface area contributed by atoms with Gasteiger partial charge in [-0.25, -0.2) is 9.37 Å². The van der Waals surface area contributed by atoms with Crippen molar-refractivity contribution < 1.29 is 4.39 Å². The molecule has 3 rings (SSSR count). The number of halogens is 1. The van der Waals surface area contributed by atoms with Gasteiger partial charge < -0.3 is 15.3 Å². The van der Waals surface area contributed by atoms with Gasteiger partial charge in [0.15, 0.2) is 5.43 Å². The zero-order valence-corrected chi connectivity index (χ0v) is 11.3. The Morgan fingerprint density at radius 1 is 1.24 bits per heavy atom. The lowest BCUT2D eigenvalue weighted by molar-refractivity contribution is 0.629. The summed E-state index contributed by atoms with van der Waals surface area (Å²) in [5.41, 5.74) is 2.32. The summed E-state index contributed by atoms with van der Waals surface area (Å²) in [5, 5.41) is 3.62. The van der Waals surface area contributed by atoms with Gasteiger partial charge in [0.1, 0.15) is 5.82 Å². The number of aromatic nitrogens is 3. The van der Waals surface area contributed by atoms with Gasteiger partial charge in [-0.05, 0) is 18.2 Å². The number of nitrogens with zero attached hydrogens (tertiary/aromatic N) is 1. The molecule has 2 aromatic heterocycles. The van der Waals surface area contributed by atoms with E-state index in [0.717, 1.165) is 24.4 Å². The van der Waals surface area contributed by atoms with E-state index in [1.807, 2.05) is 0 Å². The van der Waals surface area contributed by atoms with Crippen LogP contribution in [-0.4, -0.2) is 21.5 Å². The number of hydrogen-bond donors (Lipinski definition) is 3. The molecule has 0 saturated heterocycles. The molecule has 0 amide bonds. The highest BCUT2D eigenvalue weighted by atomic mass is 19.1. The van der Waals surface area contributed by atoms with E-state index in [4.69, 9.17) is 0 Å². The van der Waals surface area contributed by atoms with Gasteiger partial charge in [0, 0.05) is 54.1 Å². The smallest absolute Gasteiger partial charge is 0.189 e. The first kappa shape index (κ1) is 13.5. The number of pyridine rings is 1. The number of aromatic amines is 2. The van der Waals surface area contributed by atoms with Crippen LogP contribution in [-0.2, 0) is 13.0 Å². The monoisotopic (exact) mass is 286 g/mol. The number of fused-ring (bicyclic) bond motifs is 1. The predicted octanol–water partition coefficient (Wildman–Crippen LogP) is 1.72. The molecule has 5 nitrogen and oxygen atoms in total. The minimum absolute atomic E-state index is 0.173. The summed E-state index contributed by atoms with van der Waals surface area (Å²) < 4.78 is 13.1. The van der Waals surface area contributed by atoms with Gasteiger partial charge in [0.25, 0.3) is 0 Å². The number of benzene rings is 1. The van der Waals surface area contributed by atoms with Crippen molar-refractivity contribution in [2.45, 2.75) is 13.0 Å². The molecule has 0 saturated carbocycles. The van der Waals surface area contributed by atoms with Crippen molar-refractivity contribution >= 4 is 10.9 Å². The van der Waals surface area contributed by atoms with Gasteiger partial charge >= 0.3 is 0 Å². The average Bonchev–Trinajstić information content (AvgIpc) is 2.98. The minimum Gasteiger partial charge on any atom is -0.357 e. The van der Waals surface area contributed by atoms with Crippen LogP contribution in [0.2, 0.25) is 0 Å². The third-order valence-electron chi connectivity index (χ3n) is 3.29. The second kappa shape index (κ2) is 5.88. The van der Waals surface area contributed by atoms with Crippen molar-refractivity contribution in [1.29, 1.82) is 0 Å². The third-order valence-corrected chi connectivity index (χ3v) is 3.29. The predicted molar refractivity (Wildman–Crippen MR) is 78.5 cm³/mol. The van der Waals surface area contributed by atoms with Gasteiger partial charge in [0.05, 0.1) is 6.33 Å². The van der Waals surface area contributed by atoms with Crippen molar-refractivity contribution in [2.75, 3.05) is 6.54 Å². The number of imidazole rings is 1. The summed E-state index contributed by atoms with van der Waals surface area (Å²) in [5.74, 6) is -0.404. The fourth-order valence-electron chi connectivity index (χ4n) is 2.24. The maximum atomic E-state index is 13.1. The second-order valence-corrected chi connectivity index (χ2v) is 4.85. The van der Waals surface area contributed by atoms with E-state index in [1.165, 1.54) is 18.2 Å². The molecule has 0 atom stereocenters. The van der Waals surface area contributed by atoms with E-state index in [1.54, 1.807) is 18.6 Å². The van der Waals surface area contributed by atoms with Crippen LogP contribution in [0.5, 0.6) is 0 Å². The maximum Gasteiger partial charge on any atom is 0.189 e. The highest BCUT2D eigenvalue weighted by Gasteiger charge is 2.03. The summed E-state index contributed by atoms with van der Waals surface area (Å²) in [6.45, 7) is 1.32. The Kier molecular flexibility index (Phi) is 3.79. The van der Waals surface area contributed by atoms with Gasteiger partial charge in [-0.15, -0.1) is 0 Å². The van der Waals surface area contributed by atoms with Crippen LogP contribution in [0.15, 0.2) is 41.6 Å². The quantitative estimate of drug-likeness (QED) is 0.625. The van der Waals surface area contributed by atoms with Crippen molar-refractivity contribution in [3.8, 4) is 0 Å². The molecule has 21 heavy (non-hydrogen) atoms. The lowest BCUT2D eigenvalue weighted by Crippen LogP contribution is -2.19. The normalized spacial score (nSPS) is 11.1. The Balaban J connectivity index is 1.67. The van der Waals surface area contributed by atoms with Crippen LogP contribution in [0.25, 0.3) is 10.9 Å². The van der Waals surface area contributed by atoms with Crippen molar-refractivity contribution in [2.24, 2.45) is 0 Å². The first-order chi connectivity index (χ1) is 10.2. The van der Waals surface area contributed by atoms with E-state index in [9.17, 15) is 9.18 Å². The van der Waals surface area contributed by atoms with Crippen LogP contribution >= 0.6 is 0 Å². The first-order valence-corrected chi connectivity index (χ1v) is 6.72. The van der Waals surface area contributed by atoms with Crippen LogP contribution in [0.4, 0.5) is 4.39 Å². The van der Waals surface area contributed by atoms with Crippen molar-refractivity contribution in [1.82, 2.24) is 20.3 Å². The number of rotatable bonds is 5. The summed E-state index contributed by atoms with van der Waals surface area (Å²) in [4.78, 5) is 22.1. The molecule has 3 N–H and O–H groups in total. The largest absolute Gasteiger partial charge is 0.357 e. The molecular formula is C15H15FN4O. The Labute approximate surface area is 120 Å². The molecular weight excluding hydrogens is 271 g/mol. The van der Waals surface area contributed by atoms with E-state index >= 15 is 0 Å². The second-order valence-electron chi connectivity index (χ2n) is 4.85. The molecule has 0 bridgehead atoms. The number of nitrogens with one attached hydrogen (secondary N) is 3. The highest BCUT2D eigenvalue weighted by Crippen LogP contribution is 2.10. The molecule has 0 fully saturated rings. The zero-order chi connectivity index (χ0) is 14.7. The van der Waals surface area contributed by atoms with Crippen molar-refractivity contribution in [3.05, 3.63) is 64.2 Å². The Hall–Kier alpha value is -2.47. The molecule has 0 aliphatic rings. The fourth-order valence-corrected chi connectivity index (χ4v) is 2.24. The fraction of sp³-hybridized carbons (Fsp3) is 0.200. The Morgan fingerprint density at radius 3 is 2.95 bits per heavy atom. The molecule has 0 aliphatic carbocycles. The molecule has 3 aromatic rings. The van der Waals surface area contributed by atoms with Crippen LogP contribution < -0.4 is 10.7 Å². The van der Waals surface area contributed by atoms with E-state index < -0.39 is 5.82 Å². The van der Waals surface area contributed by atoms with E-state index in [0.29, 0.717) is 17.4 Å². The Bertz CT molecular complexity index is 795. The molecule has 0 radical (unpaired) electrons. The lowest BCUT2D eigenvalue weighted by atomic mass is 10.2. The summed E-state index contributed by atoms with van der Waals surface area (Å²) in [6.07, 6.45) is 4.27. The van der Waals surface area contributed by atoms with E-state index in [2.05, 4.69) is 20.3 Å².